The van der Waals surface area contributed by atoms with Gasteiger partial charge in [-0.25, -0.2) is 4.68 Å². The molecule has 1 atom stereocenters. The van der Waals surface area contributed by atoms with Gasteiger partial charge in [0, 0.05) is 22.9 Å². The fourth-order valence-electron chi connectivity index (χ4n) is 3.06. The van der Waals surface area contributed by atoms with Crippen LogP contribution in [0.5, 0.6) is 5.75 Å². The first kappa shape index (κ1) is 14.8. The maximum absolute atomic E-state index is 12.2. The van der Waals surface area contributed by atoms with Crippen molar-refractivity contribution >= 4 is 23.3 Å². The van der Waals surface area contributed by atoms with E-state index in [1.54, 1.807) is 41.2 Å². The number of amides is 1. The number of aromatic hydroxyl groups is 1. The summed E-state index contributed by atoms with van der Waals surface area (Å²) in [5.41, 5.74) is 2.58. The first-order valence-electron chi connectivity index (χ1n) is 7.54. The molecule has 0 saturated heterocycles. The Balaban J connectivity index is 1.83. The van der Waals surface area contributed by atoms with Crippen molar-refractivity contribution < 1.29 is 9.90 Å². The molecule has 1 aliphatic heterocycles. The quantitative estimate of drug-likeness (QED) is 0.748. The second-order valence-electron chi connectivity index (χ2n) is 5.74. The number of hydrogen-bond donors (Lipinski definition) is 2. The molecule has 1 amide bonds. The number of nitrogens with one attached hydrogen (secondary N) is 1. The minimum absolute atomic E-state index is 0.0837. The summed E-state index contributed by atoms with van der Waals surface area (Å²) in [6.07, 6.45) is 2.07. The number of carbonyl (C=O) groups excluding carboxylic acids is 1. The molecule has 0 unspecified atom stereocenters. The van der Waals surface area contributed by atoms with E-state index in [0.29, 0.717) is 17.3 Å². The Morgan fingerprint density at radius 3 is 2.83 bits per heavy atom. The van der Waals surface area contributed by atoms with Crippen molar-refractivity contribution in [3.8, 4) is 11.4 Å². The summed E-state index contributed by atoms with van der Waals surface area (Å²) in [6.45, 7) is 0. The van der Waals surface area contributed by atoms with Gasteiger partial charge >= 0.3 is 0 Å². The molecule has 2 N–H and O–H groups in total. The topological polar surface area (TPSA) is 67.1 Å². The fraction of sp³-hybridized carbons (Fsp3) is 0.111. The monoisotopic (exact) mass is 339 g/mol. The lowest BCUT2D eigenvalue weighted by Gasteiger charge is -2.23. The van der Waals surface area contributed by atoms with Crippen LogP contribution in [-0.2, 0) is 4.79 Å². The van der Waals surface area contributed by atoms with E-state index in [2.05, 4.69) is 10.4 Å². The van der Waals surface area contributed by atoms with Crippen molar-refractivity contribution in [2.24, 2.45) is 0 Å². The zero-order valence-electron chi connectivity index (χ0n) is 12.6. The second kappa shape index (κ2) is 5.69. The molecule has 3 aromatic rings. The molecule has 1 aromatic heterocycles. The lowest BCUT2D eigenvalue weighted by molar-refractivity contribution is -0.116. The van der Waals surface area contributed by atoms with Gasteiger partial charge in [-0.15, -0.1) is 0 Å². The predicted octanol–water partition coefficient (Wildman–Crippen LogP) is 3.71. The summed E-state index contributed by atoms with van der Waals surface area (Å²) in [5.74, 6) is 0.595. The Bertz CT molecular complexity index is 936. The average Bonchev–Trinajstić information content (AvgIpc) is 2.97. The van der Waals surface area contributed by atoms with Gasteiger partial charge in [0.05, 0.1) is 11.9 Å². The van der Waals surface area contributed by atoms with Crippen molar-refractivity contribution in [1.29, 1.82) is 0 Å². The molecule has 0 saturated carbocycles. The molecule has 120 valence electrons. The number of carbonyl (C=O) groups is 1. The largest absolute Gasteiger partial charge is 0.508 e. The molecule has 0 fully saturated rings. The van der Waals surface area contributed by atoms with E-state index >= 15 is 0 Å². The van der Waals surface area contributed by atoms with Gasteiger partial charge in [-0.3, -0.25) is 4.79 Å². The smallest absolute Gasteiger partial charge is 0.226 e. The standard InChI is InChI=1S/C18H14ClN3O2/c19-12-4-2-5-13(8-12)22-18-16(10-20-22)15(9-17(24)21-18)11-3-1-6-14(23)7-11/h1-8,10,15,23H,9H2,(H,21,24)/t15-/m1/s1. The Kier molecular flexibility index (Phi) is 3.50. The Hall–Kier alpha value is -2.79. The minimum Gasteiger partial charge on any atom is -0.508 e. The molecular weight excluding hydrogens is 326 g/mol. The zero-order valence-corrected chi connectivity index (χ0v) is 13.4. The van der Waals surface area contributed by atoms with E-state index in [1.807, 2.05) is 18.2 Å². The van der Waals surface area contributed by atoms with E-state index in [4.69, 9.17) is 11.6 Å². The van der Waals surface area contributed by atoms with Gasteiger partial charge in [-0.1, -0.05) is 29.8 Å². The maximum atomic E-state index is 12.2. The number of fused-ring (bicyclic) bond motifs is 1. The normalized spacial score (nSPS) is 16.5. The molecule has 0 bridgehead atoms. The number of halogens is 1. The van der Waals surface area contributed by atoms with Crippen molar-refractivity contribution in [2.45, 2.75) is 12.3 Å². The fourth-order valence-corrected chi connectivity index (χ4v) is 3.25. The van der Waals surface area contributed by atoms with Crippen LogP contribution >= 0.6 is 11.6 Å². The van der Waals surface area contributed by atoms with Crippen LogP contribution in [0, 0.1) is 0 Å². The summed E-state index contributed by atoms with van der Waals surface area (Å²) >= 11 is 6.06. The van der Waals surface area contributed by atoms with Gasteiger partial charge in [0.25, 0.3) is 0 Å². The Labute approximate surface area is 143 Å². The zero-order chi connectivity index (χ0) is 16.7. The van der Waals surface area contributed by atoms with Crippen LogP contribution in [0.4, 0.5) is 5.82 Å². The van der Waals surface area contributed by atoms with Gasteiger partial charge in [-0.2, -0.15) is 5.10 Å². The van der Waals surface area contributed by atoms with Gasteiger partial charge in [0.2, 0.25) is 5.91 Å². The van der Waals surface area contributed by atoms with Crippen LogP contribution in [0.3, 0.4) is 0 Å². The highest BCUT2D eigenvalue weighted by atomic mass is 35.5. The van der Waals surface area contributed by atoms with Gasteiger partial charge in [-0.05, 0) is 35.9 Å². The third-order valence-electron chi connectivity index (χ3n) is 4.15. The highest BCUT2D eigenvalue weighted by Gasteiger charge is 2.30. The lowest BCUT2D eigenvalue weighted by Crippen LogP contribution is -2.24. The number of rotatable bonds is 2. The van der Waals surface area contributed by atoms with Crippen LogP contribution < -0.4 is 5.32 Å². The van der Waals surface area contributed by atoms with Crippen molar-refractivity contribution in [2.75, 3.05) is 5.32 Å². The first-order valence-corrected chi connectivity index (χ1v) is 7.92. The summed E-state index contributed by atoms with van der Waals surface area (Å²) < 4.78 is 1.67. The molecule has 2 aromatic carbocycles. The molecule has 1 aliphatic rings. The maximum Gasteiger partial charge on any atom is 0.226 e. The van der Waals surface area contributed by atoms with E-state index in [9.17, 15) is 9.90 Å². The molecule has 6 heteroatoms. The first-order chi connectivity index (χ1) is 11.6. The van der Waals surface area contributed by atoms with Gasteiger partial charge in [0.1, 0.15) is 11.6 Å². The van der Waals surface area contributed by atoms with Gasteiger partial charge in [0.15, 0.2) is 0 Å². The summed E-state index contributed by atoms with van der Waals surface area (Å²) in [7, 11) is 0. The number of phenols is 1. The Morgan fingerprint density at radius 1 is 1.21 bits per heavy atom. The number of nitrogens with zero attached hydrogens (tertiary/aromatic N) is 2. The highest BCUT2D eigenvalue weighted by Crippen LogP contribution is 2.38. The van der Waals surface area contributed by atoms with E-state index < -0.39 is 0 Å². The van der Waals surface area contributed by atoms with Crippen molar-refractivity contribution in [3.05, 3.63) is 70.9 Å². The summed E-state index contributed by atoms with van der Waals surface area (Å²) in [6, 6.07) is 14.3. The minimum atomic E-state index is -0.145. The number of benzene rings is 2. The molecule has 0 aliphatic carbocycles. The number of anilines is 1. The Morgan fingerprint density at radius 2 is 2.04 bits per heavy atom. The molecule has 5 nitrogen and oxygen atoms in total. The molecule has 0 spiro atoms. The molecule has 0 radical (unpaired) electrons. The van der Waals surface area contributed by atoms with Crippen LogP contribution in [0.1, 0.15) is 23.5 Å². The van der Waals surface area contributed by atoms with Crippen LogP contribution in [0.2, 0.25) is 5.02 Å². The van der Waals surface area contributed by atoms with Crippen molar-refractivity contribution in [1.82, 2.24) is 9.78 Å². The number of phenolic OH excluding ortho intramolecular Hbond substituents is 1. The molecule has 2 heterocycles. The third kappa shape index (κ3) is 2.53. The third-order valence-corrected chi connectivity index (χ3v) is 4.38. The van der Waals surface area contributed by atoms with Gasteiger partial charge < -0.3 is 10.4 Å². The molecular formula is C18H14ClN3O2. The van der Waals surface area contributed by atoms with Crippen LogP contribution in [0.15, 0.2) is 54.7 Å². The van der Waals surface area contributed by atoms with E-state index in [1.165, 1.54) is 0 Å². The lowest BCUT2D eigenvalue weighted by atomic mass is 9.87. The molecule has 4 rings (SSSR count). The van der Waals surface area contributed by atoms with E-state index in [0.717, 1.165) is 16.8 Å². The SMILES string of the molecule is O=C1C[C@H](c2cccc(O)c2)c2cnn(-c3cccc(Cl)c3)c2N1. The van der Waals surface area contributed by atoms with Crippen molar-refractivity contribution in [3.63, 3.8) is 0 Å². The summed E-state index contributed by atoms with van der Waals surface area (Å²) in [4.78, 5) is 12.2. The molecule has 24 heavy (non-hydrogen) atoms. The highest BCUT2D eigenvalue weighted by molar-refractivity contribution is 6.30. The van der Waals surface area contributed by atoms with E-state index in [-0.39, 0.29) is 17.6 Å². The number of aromatic nitrogens is 2. The van der Waals surface area contributed by atoms with Crippen LogP contribution in [0.25, 0.3) is 5.69 Å². The summed E-state index contributed by atoms with van der Waals surface area (Å²) in [5, 5.41) is 17.7. The average molecular weight is 340 g/mol. The second-order valence-corrected chi connectivity index (χ2v) is 6.18. The van der Waals surface area contributed by atoms with Crippen LogP contribution in [-0.4, -0.2) is 20.8 Å². The number of hydrogen-bond acceptors (Lipinski definition) is 3. The predicted molar refractivity (Wildman–Crippen MR) is 91.8 cm³/mol.